The largest absolute Gasteiger partial charge is 0.393 e. The van der Waals surface area contributed by atoms with Crippen LogP contribution in [0.2, 0.25) is 0 Å². The fourth-order valence-electron chi connectivity index (χ4n) is 3.01. The molecule has 0 aromatic heterocycles. The Morgan fingerprint density at radius 2 is 1.85 bits per heavy atom. The molecule has 110 valence electrons. The van der Waals surface area contributed by atoms with Gasteiger partial charge in [-0.1, -0.05) is 30.3 Å². The van der Waals surface area contributed by atoms with Crippen molar-refractivity contribution >= 4 is 0 Å². The van der Waals surface area contributed by atoms with Crippen LogP contribution in [0.5, 0.6) is 0 Å². The van der Waals surface area contributed by atoms with Crippen LogP contribution in [-0.2, 0) is 20.8 Å². The molecule has 2 aliphatic rings. The van der Waals surface area contributed by atoms with E-state index in [0.29, 0.717) is 19.4 Å². The van der Waals surface area contributed by atoms with Crippen LogP contribution in [0.25, 0.3) is 0 Å². The SMILES string of the molecule is OC1CC(OCc2ccccc2)C(C2OCCCO2)C1. The zero-order valence-electron chi connectivity index (χ0n) is 11.6. The van der Waals surface area contributed by atoms with Gasteiger partial charge in [-0.25, -0.2) is 0 Å². The van der Waals surface area contributed by atoms with Gasteiger partial charge in [0.25, 0.3) is 0 Å². The number of rotatable bonds is 4. The second-order valence-corrected chi connectivity index (χ2v) is 5.59. The lowest BCUT2D eigenvalue weighted by Crippen LogP contribution is -2.37. The minimum Gasteiger partial charge on any atom is -0.393 e. The molecule has 0 spiro atoms. The molecule has 1 aromatic carbocycles. The van der Waals surface area contributed by atoms with Gasteiger partial charge in [0.2, 0.25) is 0 Å². The van der Waals surface area contributed by atoms with Gasteiger partial charge in [-0.05, 0) is 24.8 Å². The topological polar surface area (TPSA) is 47.9 Å². The third-order valence-electron chi connectivity index (χ3n) is 4.04. The molecule has 3 rings (SSSR count). The lowest BCUT2D eigenvalue weighted by molar-refractivity contribution is -0.220. The molecule has 0 amide bonds. The monoisotopic (exact) mass is 278 g/mol. The van der Waals surface area contributed by atoms with Crippen LogP contribution in [0.4, 0.5) is 0 Å². The van der Waals surface area contributed by atoms with Crippen molar-refractivity contribution in [1.29, 1.82) is 0 Å². The van der Waals surface area contributed by atoms with Gasteiger partial charge in [0.1, 0.15) is 0 Å². The van der Waals surface area contributed by atoms with Crippen molar-refractivity contribution in [2.75, 3.05) is 13.2 Å². The smallest absolute Gasteiger partial charge is 0.162 e. The Morgan fingerprint density at radius 1 is 1.10 bits per heavy atom. The quantitative estimate of drug-likeness (QED) is 0.916. The van der Waals surface area contributed by atoms with E-state index in [-0.39, 0.29) is 24.4 Å². The molecule has 20 heavy (non-hydrogen) atoms. The van der Waals surface area contributed by atoms with Crippen LogP contribution in [0.1, 0.15) is 24.8 Å². The highest BCUT2D eigenvalue weighted by atomic mass is 16.7. The van der Waals surface area contributed by atoms with Crippen molar-refractivity contribution in [3.63, 3.8) is 0 Å². The molecule has 1 saturated carbocycles. The lowest BCUT2D eigenvalue weighted by Gasteiger charge is -2.31. The fourth-order valence-corrected chi connectivity index (χ4v) is 3.01. The molecule has 0 radical (unpaired) electrons. The first kappa shape index (κ1) is 14.0. The van der Waals surface area contributed by atoms with Gasteiger partial charge in [-0.15, -0.1) is 0 Å². The zero-order valence-corrected chi connectivity index (χ0v) is 11.6. The van der Waals surface area contributed by atoms with Gasteiger partial charge in [0.05, 0.1) is 32.0 Å². The predicted molar refractivity (Wildman–Crippen MR) is 74.1 cm³/mol. The third-order valence-corrected chi connectivity index (χ3v) is 4.04. The summed E-state index contributed by atoms with van der Waals surface area (Å²) in [5.74, 6) is 0.133. The molecule has 1 aliphatic carbocycles. The number of hydrogen-bond donors (Lipinski definition) is 1. The molecule has 4 heteroatoms. The zero-order chi connectivity index (χ0) is 13.8. The maximum Gasteiger partial charge on any atom is 0.162 e. The molecule has 1 aliphatic heterocycles. The average molecular weight is 278 g/mol. The van der Waals surface area contributed by atoms with Crippen LogP contribution in [0, 0.1) is 5.92 Å². The van der Waals surface area contributed by atoms with Crippen molar-refractivity contribution in [3.05, 3.63) is 35.9 Å². The van der Waals surface area contributed by atoms with Crippen molar-refractivity contribution in [2.24, 2.45) is 5.92 Å². The first-order valence-corrected chi connectivity index (χ1v) is 7.40. The van der Waals surface area contributed by atoms with E-state index in [4.69, 9.17) is 14.2 Å². The van der Waals surface area contributed by atoms with E-state index in [1.54, 1.807) is 0 Å². The van der Waals surface area contributed by atoms with E-state index in [1.807, 2.05) is 30.3 Å². The minimum absolute atomic E-state index is 0.00769. The summed E-state index contributed by atoms with van der Waals surface area (Å²) in [5, 5.41) is 9.91. The van der Waals surface area contributed by atoms with Crippen molar-refractivity contribution < 1.29 is 19.3 Å². The van der Waals surface area contributed by atoms with E-state index < -0.39 is 0 Å². The molecule has 4 nitrogen and oxygen atoms in total. The molecule has 1 N–H and O–H groups in total. The van der Waals surface area contributed by atoms with Gasteiger partial charge in [-0.3, -0.25) is 0 Å². The Morgan fingerprint density at radius 3 is 2.60 bits per heavy atom. The van der Waals surface area contributed by atoms with Gasteiger partial charge >= 0.3 is 0 Å². The summed E-state index contributed by atoms with van der Waals surface area (Å²) in [6, 6.07) is 10.1. The summed E-state index contributed by atoms with van der Waals surface area (Å²) in [5.41, 5.74) is 1.15. The van der Waals surface area contributed by atoms with Crippen LogP contribution in [0.3, 0.4) is 0 Å². The molecule has 1 saturated heterocycles. The standard InChI is InChI=1S/C16H22O4/c17-13-9-14(16-18-7-4-8-19-16)15(10-13)20-11-12-5-2-1-3-6-12/h1-3,5-6,13-17H,4,7-11H2. The molecule has 1 heterocycles. The fraction of sp³-hybridized carbons (Fsp3) is 0.625. The van der Waals surface area contributed by atoms with Gasteiger partial charge < -0.3 is 19.3 Å². The van der Waals surface area contributed by atoms with E-state index in [1.165, 1.54) is 0 Å². The second-order valence-electron chi connectivity index (χ2n) is 5.59. The Bertz CT molecular complexity index is 402. The first-order valence-electron chi connectivity index (χ1n) is 7.40. The molecular formula is C16H22O4. The Kier molecular flexibility index (Phi) is 4.68. The Labute approximate surface area is 119 Å². The summed E-state index contributed by atoms with van der Waals surface area (Å²) < 4.78 is 17.4. The van der Waals surface area contributed by atoms with Crippen LogP contribution >= 0.6 is 0 Å². The summed E-state index contributed by atoms with van der Waals surface area (Å²) in [4.78, 5) is 0. The molecule has 1 aromatic rings. The summed E-state index contributed by atoms with van der Waals surface area (Å²) in [6.07, 6.45) is 1.79. The van der Waals surface area contributed by atoms with E-state index >= 15 is 0 Å². The second kappa shape index (κ2) is 6.68. The Balaban J connectivity index is 1.58. The number of benzene rings is 1. The number of ether oxygens (including phenoxy) is 3. The summed E-state index contributed by atoms with van der Waals surface area (Å²) in [6.45, 7) is 2.05. The Hall–Kier alpha value is -0.940. The highest BCUT2D eigenvalue weighted by Crippen LogP contribution is 2.34. The van der Waals surface area contributed by atoms with Crippen molar-refractivity contribution in [2.45, 2.75) is 44.4 Å². The number of aliphatic hydroxyl groups excluding tert-OH is 1. The highest BCUT2D eigenvalue weighted by molar-refractivity contribution is 5.13. The average Bonchev–Trinajstić information content (AvgIpc) is 2.88. The van der Waals surface area contributed by atoms with E-state index in [0.717, 1.165) is 25.2 Å². The van der Waals surface area contributed by atoms with Crippen LogP contribution in [-0.4, -0.2) is 36.8 Å². The van der Waals surface area contributed by atoms with Crippen molar-refractivity contribution in [1.82, 2.24) is 0 Å². The van der Waals surface area contributed by atoms with Gasteiger partial charge in [0, 0.05) is 5.92 Å². The van der Waals surface area contributed by atoms with Gasteiger partial charge in [0.15, 0.2) is 6.29 Å². The van der Waals surface area contributed by atoms with E-state index in [9.17, 15) is 5.11 Å². The molecule has 2 fully saturated rings. The number of hydrogen-bond acceptors (Lipinski definition) is 4. The maximum atomic E-state index is 9.91. The maximum absolute atomic E-state index is 9.91. The highest BCUT2D eigenvalue weighted by Gasteiger charge is 2.41. The number of aliphatic hydroxyl groups is 1. The minimum atomic E-state index is -0.310. The van der Waals surface area contributed by atoms with Gasteiger partial charge in [-0.2, -0.15) is 0 Å². The first-order chi connectivity index (χ1) is 9.83. The molecule has 3 unspecified atom stereocenters. The summed E-state index contributed by atoms with van der Waals surface area (Å²) >= 11 is 0. The lowest BCUT2D eigenvalue weighted by atomic mass is 10.0. The van der Waals surface area contributed by atoms with Crippen molar-refractivity contribution in [3.8, 4) is 0 Å². The normalized spacial score (nSPS) is 31.6. The molecule has 3 atom stereocenters. The molecule has 0 bridgehead atoms. The van der Waals surface area contributed by atoms with Crippen LogP contribution < -0.4 is 0 Å². The molecular weight excluding hydrogens is 256 g/mol. The third kappa shape index (κ3) is 3.38. The summed E-state index contributed by atoms with van der Waals surface area (Å²) in [7, 11) is 0. The predicted octanol–water partition coefficient (Wildman–Crippen LogP) is 2.11. The van der Waals surface area contributed by atoms with Crippen LogP contribution in [0.15, 0.2) is 30.3 Å². The van der Waals surface area contributed by atoms with E-state index in [2.05, 4.69) is 0 Å².